The Morgan fingerprint density at radius 1 is 1.12 bits per heavy atom. The van der Waals surface area contributed by atoms with E-state index in [9.17, 15) is 4.79 Å². The molecule has 0 aromatic rings. The van der Waals surface area contributed by atoms with Crippen molar-refractivity contribution in [3.8, 4) is 0 Å². The lowest BCUT2D eigenvalue weighted by Crippen LogP contribution is -2.37. The van der Waals surface area contributed by atoms with Crippen LogP contribution in [-0.4, -0.2) is 25.5 Å². The number of carbonyl (C=O) groups is 1. The van der Waals surface area contributed by atoms with E-state index in [1.165, 1.54) is 38.5 Å². The van der Waals surface area contributed by atoms with Crippen molar-refractivity contribution in [2.75, 3.05) is 19.6 Å². The van der Waals surface area contributed by atoms with Gasteiger partial charge in [0, 0.05) is 6.54 Å². The zero-order valence-electron chi connectivity index (χ0n) is 11.0. The van der Waals surface area contributed by atoms with Gasteiger partial charge in [0.1, 0.15) is 0 Å². The third kappa shape index (κ3) is 5.07. The Balaban J connectivity index is 1.50. The van der Waals surface area contributed by atoms with Gasteiger partial charge in [0.2, 0.25) is 5.91 Å². The van der Waals surface area contributed by atoms with Gasteiger partial charge >= 0.3 is 0 Å². The zero-order valence-corrected chi connectivity index (χ0v) is 11.0. The average Bonchev–Trinajstić information content (AvgIpc) is 3.10. The summed E-state index contributed by atoms with van der Waals surface area (Å²) >= 11 is 0. The van der Waals surface area contributed by atoms with E-state index in [0.717, 1.165) is 30.8 Å². The van der Waals surface area contributed by atoms with E-state index in [4.69, 9.17) is 0 Å². The molecule has 1 amide bonds. The Hall–Kier alpha value is -0.570. The van der Waals surface area contributed by atoms with Gasteiger partial charge < -0.3 is 10.6 Å². The monoisotopic (exact) mass is 238 g/mol. The van der Waals surface area contributed by atoms with Gasteiger partial charge in [-0.1, -0.05) is 19.8 Å². The highest BCUT2D eigenvalue weighted by molar-refractivity contribution is 5.77. The molecule has 0 spiro atoms. The lowest BCUT2D eigenvalue weighted by Gasteiger charge is -2.26. The van der Waals surface area contributed by atoms with Crippen LogP contribution in [-0.2, 0) is 4.79 Å². The lowest BCUT2D eigenvalue weighted by atomic mass is 9.82. The molecule has 0 aromatic carbocycles. The number of amides is 1. The van der Waals surface area contributed by atoms with Crippen molar-refractivity contribution in [3.63, 3.8) is 0 Å². The first kappa shape index (κ1) is 12.9. The van der Waals surface area contributed by atoms with Crippen LogP contribution >= 0.6 is 0 Å². The molecule has 0 heterocycles. The minimum absolute atomic E-state index is 0.167. The first-order chi connectivity index (χ1) is 8.24. The molecule has 2 saturated carbocycles. The molecular formula is C14H26N2O. The van der Waals surface area contributed by atoms with E-state index in [1.54, 1.807) is 0 Å². The molecule has 2 unspecified atom stereocenters. The summed E-state index contributed by atoms with van der Waals surface area (Å²) in [7, 11) is 0. The third-order valence-electron chi connectivity index (χ3n) is 4.05. The Labute approximate surface area is 105 Å². The van der Waals surface area contributed by atoms with Crippen LogP contribution in [0.2, 0.25) is 0 Å². The molecule has 2 aliphatic rings. The SMILES string of the molecule is CC1CCCC(CNCC(=O)NCC2CC2)C1. The minimum atomic E-state index is 0.167. The predicted molar refractivity (Wildman–Crippen MR) is 69.7 cm³/mol. The summed E-state index contributed by atoms with van der Waals surface area (Å²) in [4.78, 5) is 11.5. The molecule has 0 aliphatic heterocycles. The molecule has 98 valence electrons. The maximum atomic E-state index is 11.5. The fourth-order valence-corrected chi connectivity index (χ4v) is 2.78. The van der Waals surface area contributed by atoms with E-state index < -0.39 is 0 Å². The normalized spacial score (nSPS) is 29.0. The summed E-state index contributed by atoms with van der Waals surface area (Å²) in [5.74, 6) is 2.60. The summed E-state index contributed by atoms with van der Waals surface area (Å²) in [6, 6.07) is 0. The van der Waals surface area contributed by atoms with E-state index in [1.807, 2.05) is 0 Å². The van der Waals surface area contributed by atoms with Crippen molar-refractivity contribution in [2.45, 2.75) is 45.4 Å². The van der Waals surface area contributed by atoms with Gasteiger partial charge in [-0.05, 0) is 50.0 Å². The Morgan fingerprint density at radius 3 is 2.65 bits per heavy atom. The fraction of sp³-hybridized carbons (Fsp3) is 0.929. The molecule has 0 aromatic heterocycles. The maximum absolute atomic E-state index is 11.5. The summed E-state index contributed by atoms with van der Waals surface area (Å²) < 4.78 is 0. The quantitative estimate of drug-likeness (QED) is 0.742. The first-order valence-corrected chi connectivity index (χ1v) is 7.21. The van der Waals surface area contributed by atoms with Gasteiger partial charge in [-0.15, -0.1) is 0 Å². The third-order valence-corrected chi connectivity index (χ3v) is 4.05. The molecule has 2 N–H and O–H groups in total. The van der Waals surface area contributed by atoms with Crippen molar-refractivity contribution in [1.29, 1.82) is 0 Å². The zero-order chi connectivity index (χ0) is 12.1. The summed E-state index contributed by atoms with van der Waals surface area (Å²) in [5, 5.41) is 6.30. The maximum Gasteiger partial charge on any atom is 0.233 e. The lowest BCUT2D eigenvalue weighted by molar-refractivity contribution is -0.120. The van der Waals surface area contributed by atoms with Crippen molar-refractivity contribution in [3.05, 3.63) is 0 Å². The molecule has 2 atom stereocenters. The number of rotatable bonds is 6. The highest BCUT2D eigenvalue weighted by Gasteiger charge is 2.22. The van der Waals surface area contributed by atoms with Crippen LogP contribution in [0.25, 0.3) is 0 Å². The van der Waals surface area contributed by atoms with Crippen LogP contribution in [0.1, 0.15) is 45.4 Å². The Kier molecular flexibility index (Phi) is 4.84. The summed E-state index contributed by atoms with van der Waals surface area (Å²) in [6.45, 7) is 4.74. The van der Waals surface area contributed by atoms with E-state index in [-0.39, 0.29) is 5.91 Å². The van der Waals surface area contributed by atoms with Crippen LogP contribution in [0.4, 0.5) is 0 Å². The molecule has 2 rings (SSSR count). The van der Waals surface area contributed by atoms with Gasteiger partial charge in [-0.25, -0.2) is 0 Å². The molecule has 17 heavy (non-hydrogen) atoms. The number of nitrogens with one attached hydrogen (secondary N) is 2. The second-order valence-corrected chi connectivity index (χ2v) is 6.02. The van der Waals surface area contributed by atoms with Crippen molar-refractivity contribution < 1.29 is 4.79 Å². The first-order valence-electron chi connectivity index (χ1n) is 7.21. The second kappa shape index (κ2) is 6.39. The molecule has 3 nitrogen and oxygen atoms in total. The van der Waals surface area contributed by atoms with E-state index >= 15 is 0 Å². The van der Waals surface area contributed by atoms with Gasteiger partial charge in [-0.2, -0.15) is 0 Å². The number of hydrogen-bond donors (Lipinski definition) is 2. The topological polar surface area (TPSA) is 41.1 Å². The Bertz CT molecular complexity index is 251. The van der Waals surface area contributed by atoms with Crippen LogP contribution in [0, 0.1) is 17.8 Å². The summed E-state index contributed by atoms with van der Waals surface area (Å²) in [5.41, 5.74) is 0. The minimum Gasteiger partial charge on any atom is -0.355 e. The molecule has 2 aliphatic carbocycles. The molecule has 0 radical (unpaired) electrons. The molecule has 0 bridgehead atoms. The van der Waals surface area contributed by atoms with Crippen molar-refractivity contribution >= 4 is 5.91 Å². The highest BCUT2D eigenvalue weighted by atomic mass is 16.1. The molecule has 3 heteroatoms. The van der Waals surface area contributed by atoms with Gasteiger partial charge in [0.15, 0.2) is 0 Å². The van der Waals surface area contributed by atoms with Crippen LogP contribution in [0.5, 0.6) is 0 Å². The average molecular weight is 238 g/mol. The van der Waals surface area contributed by atoms with Gasteiger partial charge in [-0.3, -0.25) is 4.79 Å². The van der Waals surface area contributed by atoms with Crippen molar-refractivity contribution in [1.82, 2.24) is 10.6 Å². The molecular weight excluding hydrogens is 212 g/mol. The fourth-order valence-electron chi connectivity index (χ4n) is 2.78. The smallest absolute Gasteiger partial charge is 0.233 e. The van der Waals surface area contributed by atoms with Gasteiger partial charge in [0.25, 0.3) is 0 Å². The number of carbonyl (C=O) groups excluding carboxylic acids is 1. The largest absolute Gasteiger partial charge is 0.355 e. The predicted octanol–water partition coefficient (Wildman–Crippen LogP) is 1.93. The van der Waals surface area contributed by atoms with Crippen LogP contribution in [0.3, 0.4) is 0 Å². The van der Waals surface area contributed by atoms with E-state index in [0.29, 0.717) is 6.54 Å². The number of hydrogen-bond acceptors (Lipinski definition) is 2. The van der Waals surface area contributed by atoms with E-state index in [2.05, 4.69) is 17.6 Å². The van der Waals surface area contributed by atoms with Crippen molar-refractivity contribution in [2.24, 2.45) is 17.8 Å². The van der Waals surface area contributed by atoms with Gasteiger partial charge in [0.05, 0.1) is 6.54 Å². The highest BCUT2D eigenvalue weighted by Crippen LogP contribution is 2.28. The van der Waals surface area contributed by atoms with Crippen LogP contribution in [0.15, 0.2) is 0 Å². The standard InChI is InChI=1S/C14H26N2O/c1-11-3-2-4-13(7-11)8-15-10-14(17)16-9-12-5-6-12/h11-13,15H,2-10H2,1H3,(H,16,17). The second-order valence-electron chi connectivity index (χ2n) is 6.02. The molecule has 0 saturated heterocycles. The Morgan fingerprint density at radius 2 is 1.94 bits per heavy atom. The summed E-state index contributed by atoms with van der Waals surface area (Å²) in [6.07, 6.45) is 8.01. The van der Waals surface area contributed by atoms with Crippen LogP contribution < -0.4 is 10.6 Å². The molecule has 2 fully saturated rings.